The molecule has 1 aliphatic heterocycles. The van der Waals surface area contributed by atoms with Crippen LogP contribution in [0.3, 0.4) is 0 Å². The molecule has 0 bridgehead atoms. The van der Waals surface area contributed by atoms with Crippen LogP contribution in [0.1, 0.15) is 19.4 Å². The van der Waals surface area contributed by atoms with Crippen LogP contribution >= 0.6 is 0 Å². The second-order valence-corrected chi connectivity index (χ2v) is 5.39. The topological polar surface area (TPSA) is 58.6 Å². The molecule has 20 heavy (non-hydrogen) atoms. The molecule has 0 spiro atoms. The number of methoxy groups -OCH3 is 1. The zero-order valence-corrected chi connectivity index (χ0v) is 12.1. The van der Waals surface area contributed by atoms with E-state index in [0.717, 1.165) is 11.3 Å². The molecule has 0 aliphatic carbocycles. The van der Waals surface area contributed by atoms with Crippen LogP contribution in [0.5, 0.6) is 5.75 Å². The molecule has 2 rings (SSSR count). The summed E-state index contributed by atoms with van der Waals surface area (Å²) in [6.45, 7) is 4.16. The fraction of sp³-hybridized carbons (Fsp3) is 0.467. The maximum absolute atomic E-state index is 12.0. The van der Waals surface area contributed by atoms with Crippen molar-refractivity contribution in [1.82, 2.24) is 10.2 Å². The van der Waals surface area contributed by atoms with Gasteiger partial charge in [-0.15, -0.1) is 0 Å². The van der Waals surface area contributed by atoms with Crippen LogP contribution in [-0.2, 0) is 16.0 Å². The standard InChI is InChI=1S/C15H20N2O3/c1-15(2)14(19)16-10-13(18)17(15)9-8-11-4-6-12(20-3)7-5-11/h4-7H,8-10H2,1-3H3,(H,16,19). The zero-order chi connectivity index (χ0) is 14.8. The Bertz CT molecular complexity index is 508. The van der Waals surface area contributed by atoms with E-state index in [1.54, 1.807) is 25.9 Å². The highest BCUT2D eigenvalue weighted by molar-refractivity contribution is 5.97. The average molecular weight is 276 g/mol. The fourth-order valence-corrected chi connectivity index (χ4v) is 2.34. The van der Waals surface area contributed by atoms with Gasteiger partial charge in [-0.25, -0.2) is 0 Å². The van der Waals surface area contributed by atoms with Gasteiger partial charge < -0.3 is 15.0 Å². The maximum Gasteiger partial charge on any atom is 0.245 e. The number of piperazine rings is 1. The highest BCUT2D eigenvalue weighted by atomic mass is 16.5. The van der Waals surface area contributed by atoms with Gasteiger partial charge in [-0.1, -0.05) is 12.1 Å². The van der Waals surface area contributed by atoms with Crippen molar-refractivity contribution in [3.8, 4) is 5.75 Å². The van der Waals surface area contributed by atoms with Crippen molar-refractivity contribution in [3.05, 3.63) is 29.8 Å². The van der Waals surface area contributed by atoms with E-state index in [4.69, 9.17) is 4.74 Å². The summed E-state index contributed by atoms with van der Waals surface area (Å²) in [5.74, 6) is 0.664. The normalized spacial score (nSPS) is 17.9. The lowest BCUT2D eigenvalue weighted by Crippen LogP contribution is -2.64. The highest BCUT2D eigenvalue weighted by Crippen LogP contribution is 2.19. The summed E-state index contributed by atoms with van der Waals surface area (Å²) in [4.78, 5) is 25.5. The molecular formula is C15H20N2O3. The zero-order valence-electron chi connectivity index (χ0n) is 12.1. The summed E-state index contributed by atoms with van der Waals surface area (Å²) in [6, 6.07) is 7.73. The third-order valence-corrected chi connectivity index (χ3v) is 3.71. The summed E-state index contributed by atoms with van der Waals surface area (Å²) < 4.78 is 5.11. The number of carbonyl (C=O) groups excluding carboxylic acids is 2. The van der Waals surface area contributed by atoms with Gasteiger partial charge in [0.1, 0.15) is 11.3 Å². The van der Waals surface area contributed by atoms with Gasteiger partial charge in [-0.2, -0.15) is 0 Å². The van der Waals surface area contributed by atoms with Gasteiger partial charge in [-0.3, -0.25) is 9.59 Å². The minimum absolute atomic E-state index is 0.0388. The molecule has 1 N–H and O–H groups in total. The first-order valence-corrected chi connectivity index (χ1v) is 6.67. The minimum atomic E-state index is -0.790. The number of rotatable bonds is 4. The van der Waals surface area contributed by atoms with Gasteiger partial charge in [0.2, 0.25) is 11.8 Å². The van der Waals surface area contributed by atoms with E-state index in [-0.39, 0.29) is 18.4 Å². The van der Waals surface area contributed by atoms with E-state index in [1.807, 2.05) is 24.3 Å². The third-order valence-electron chi connectivity index (χ3n) is 3.71. The van der Waals surface area contributed by atoms with Crippen LogP contribution in [0, 0.1) is 0 Å². The Balaban J connectivity index is 2.04. The molecule has 1 aromatic rings. The SMILES string of the molecule is COc1ccc(CCN2C(=O)CNC(=O)C2(C)C)cc1. The van der Waals surface area contributed by atoms with Crippen molar-refractivity contribution < 1.29 is 14.3 Å². The Hall–Kier alpha value is -2.04. The maximum atomic E-state index is 12.0. The van der Waals surface area contributed by atoms with Gasteiger partial charge in [0.15, 0.2) is 0 Å². The molecule has 108 valence electrons. The molecule has 0 radical (unpaired) electrons. The predicted octanol–water partition coefficient (Wildman–Crippen LogP) is 0.975. The van der Waals surface area contributed by atoms with E-state index in [0.29, 0.717) is 13.0 Å². The van der Waals surface area contributed by atoms with Crippen molar-refractivity contribution >= 4 is 11.8 Å². The summed E-state index contributed by atoms with van der Waals surface area (Å²) in [7, 11) is 1.63. The Morgan fingerprint density at radius 1 is 1.25 bits per heavy atom. The fourth-order valence-electron chi connectivity index (χ4n) is 2.34. The van der Waals surface area contributed by atoms with Crippen LogP contribution in [-0.4, -0.2) is 42.5 Å². The van der Waals surface area contributed by atoms with Gasteiger partial charge in [-0.05, 0) is 38.0 Å². The summed E-state index contributed by atoms with van der Waals surface area (Å²) in [5, 5.41) is 2.62. The molecular weight excluding hydrogens is 256 g/mol. The molecule has 5 nitrogen and oxygen atoms in total. The molecule has 1 aromatic carbocycles. The Kier molecular flexibility index (Phi) is 3.97. The number of benzene rings is 1. The number of ether oxygens (including phenoxy) is 1. The van der Waals surface area contributed by atoms with Crippen LogP contribution in [0.4, 0.5) is 0 Å². The number of nitrogens with one attached hydrogen (secondary N) is 1. The van der Waals surface area contributed by atoms with Crippen LogP contribution in [0.15, 0.2) is 24.3 Å². The van der Waals surface area contributed by atoms with Gasteiger partial charge in [0.05, 0.1) is 13.7 Å². The number of hydrogen-bond donors (Lipinski definition) is 1. The van der Waals surface area contributed by atoms with Crippen molar-refractivity contribution in [2.75, 3.05) is 20.2 Å². The lowest BCUT2D eigenvalue weighted by atomic mass is 9.97. The number of hydrogen-bond acceptors (Lipinski definition) is 3. The molecule has 0 saturated carbocycles. The highest BCUT2D eigenvalue weighted by Gasteiger charge is 2.41. The summed E-state index contributed by atoms with van der Waals surface area (Å²) >= 11 is 0. The monoisotopic (exact) mass is 276 g/mol. The van der Waals surface area contributed by atoms with Crippen LogP contribution in [0.2, 0.25) is 0 Å². The summed E-state index contributed by atoms with van der Waals surface area (Å²) in [5.41, 5.74) is 0.322. The molecule has 1 saturated heterocycles. The lowest BCUT2D eigenvalue weighted by molar-refractivity contribution is -0.151. The molecule has 0 atom stereocenters. The van der Waals surface area contributed by atoms with E-state index >= 15 is 0 Å². The Morgan fingerprint density at radius 3 is 2.50 bits per heavy atom. The molecule has 2 amide bonds. The van der Waals surface area contributed by atoms with Gasteiger partial charge in [0.25, 0.3) is 0 Å². The van der Waals surface area contributed by atoms with Crippen molar-refractivity contribution in [2.45, 2.75) is 25.8 Å². The smallest absolute Gasteiger partial charge is 0.245 e. The minimum Gasteiger partial charge on any atom is -0.497 e. The van der Waals surface area contributed by atoms with Crippen molar-refractivity contribution in [3.63, 3.8) is 0 Å². The summed E-state index contributed by atoms with van der Waals surface area (Å²) in [6.07, 6.45) is 0.715. The molecule has 1 heterocycles. The van der Waals surface area contributed by atoms with E-state index in [2.05, 4.69) is 5.32 Å². The average Bonchev–Trinajstić information content (AvgIpc) is 2.44. The Labute approximate surface area is 118 Å². The number of carbonyl (C=O) groups is 2. The van der Waals surface area contributed by atoms with E-state index < -0.39 is 5.54 Å². The first-order chi connectivity index (χ1) is 9.45. The third kappa shape index (κ3) is 2.76. The number of amides is 2. The van der Waals surface area contributed by atoms with E-state index in [9.17, 15) is 9.59 Å². The Morgan fingerprint density at radius 2 is 1.90 bits per heavy atom. The predicted molar refractivity (Wildman–Crippen MR) is 75.5 cm³/mol. The first kappa shape index (κ1) is 14.4. The second kappa shape index (κ2) is 5.53. The second-order valence-electron chi connectivity index (χ2n) is 5.39. The quantitative estimate of drug-likeness (QED) is 0.891. The molecule has 0 aromatic heterocycles. The lowest BCUT2D eigenvalue weighted by Gasteiger charge is -2.41. The van der Waals surface area contributed by atoms with Crippen LogP contribution in [0.25, 0.3) is 0 Å². The largest absolute Gasteiger partial charge is 0.497 e. The number of nitrogens with zero attached hydrogens (tertiary/aromatic N) is 1. The van der Waals surface area contributed by atoms with Crippen molar-refractivity contribution in [2.24, 2.45) is 0 Å². The van der Waals surface area contributed by atoms with Gasteiger partial charge >= 0.3 is 0 Å². The molecule has 1 fully saturated rings. The first-order valence-electron chi connectivity index (χ1n) is 6.67. The van der Waals surface area contributed by atoms with E-state index in [1.165, 1.54) is 0 Å². The van der Waals surface area contributed by atoms with Crippen LogP contribution < -0.4 is 10.1 Å². The van der Waals surface area contributed by atoms with Gasteiger partial charge in [0, 0.05) is 6.54 Å². The molecule has 1 aliphatic rings. The molecule has 0 unspecified atom stereocenters. The molecule has 5 heteroatoms. The van der Waals surface area contributed by atoms with Crippen molar-refractivity contribution in [1.29, 1.82) is 0 Å².